The molecule has 3 nitrogen and oxygen atoms in total. The van der Waals surface area contributed by atoms with Crippen molar-refractivity contribution in [2.75, 3.05) is 0 Å². The van der Waals surface area contributed by atoms with Gasteiger partial charge in [-0.3, -0.25) is 4.79 Å². The number of carbonyl (C=O) groups excluding carboxylic acids is 1. The molecule has 3 heteroatoms. The van der Waals surface area contributed by atoms with Crippen LogP contribution in [0.3, 0.4) is 0 Å². The van der Waals surface area contributed by atoms with Gasteiger partial charge >= 0.3 is 5.97 Å². The van der Waals surface area contributed by atoms with Crippen molar-refractivity contribution in [2.24, 2.45) is 0 Å². The number of rotatable bonds is 3. The molecule has 0 spiro atoms. The summed E-state index contributed by atoms with van der Waals surface area (Å²) in [6.07, 6.45) is 1.83. The maximum atomic E-state index is 11.1. The average Bonchev–Trinajstić information content (AvgIpc) is 2.31. The standard InChI is InChI=1S/C15H20O3/c1-9(8-16)6-14-7-10(2)15(18-13(5)17)12(4)11(14)3/h7-8,16H,6H2,1-5H3. The zero-order chi connectivity index (χ0) is 13.9. The number of carbonyl (C=O) groups is 1. The number of hydrogen-bond acceptors (Lipinski definition) is 3. The highest BCUT2D eigenvalue weighted by atomic mass is 16.5. The van der Waals surface area contributed by atoms with Gasteiger partial charge in [-0.05, 0) is 61.9 Å². The fourth-order valence-electron chi connectivity index (χ4n) is 1.97. The maximum Gasteiger partial charge on any atom is 0.308 e. The second kappa shape index (κ2) is 5.71. The Bertz CT molecular complexity index is 499. The van der Waals surface area contributed by atoms with Crippen LogP contribution in [0.4, 0.5) is 0 Å². The number of benzene rings is 1. The van der Waals surface area contributed by atoms with E-state index < -0.39 is 0 Å². The molecular weight excluding hydrogens is 228 g/mol. The molecule has 1 N–H and O–H groups in total. The summed E-state index contributed by atoms with van der Waals surface area (Å²) in [5, 5.41) is 8.97. The molecule has 0 heterocycles. The molecule has 1 rings (SSSR count). The number of hydrogen-bond donors (Lipinski definition) is 1. The lowest BCUT2D eigenvalue weighted by molar-refractivity contribution is -0.131. The molecule has 18 heavy (non-hydrogen) atoms. The smallest absolute Gasteiger partial charge is 0.308 e. The number of aryl methyl sites for hydroxylation is 1. The number of esters is 1. The second-order valence-corrected chi connectivity index (χ2v) is 4.68. The van der Waals surface area contributed by atoms with Gasteiger partial charge in [-0.25, -0.2) is 0 Å². The van der Waals surface area contributed by atoms with Crippen molar-refractivity contribution in [1.29, 1.82) is 0 Å². The third kappa shape index (κ3) is 3.13. The van der Waals surface area contributed by atoms with E-state index in [4.69, 9.17) is 9.84 Å². The van der Waals surface area contributed by atoms with E-state index in [-0.39, 0.29) is 5.97 Å². The number of ether oxygens (including phenoxy) is 1. The number of aliphatic hydroxyl groups is 1. The molecule has 0 aliphatic carbocycles. The largest absolute Gasteiger partial charge is 0.516 e. The molecule has 1 aromatic carbocycles. The second-order valence-electron chi connectivity index (χ2n) is 4.68. The van der Waals surface area contributed by atoms with E-state index in [1.54, 1.807) is 0 Å². The summed E-state index contributed by atoms with van der Waals surface area (Å²) in [5.74, 6) is 0.342. The zero-order valence-electron chi connectivity index (χ0n) is 11.6. The van der Waals surface area contributed by atoms with Gasteiger partial charge in [0, 0.05) is 6.92 Å². The van der Waals surface area contributed by atoms with Crippen molar-refractivity contribution < 1.29 is 14.6 Å². The molecule has 0 bridgehead atoms. The van der Waals surface area contributed by atoms with Crippen LogP contribution in [-0.2, 0) is 11.2 Å². The number of allylic oxidation sites excluding steroid dienone is 1. The first-order valence-electron chi connectivity index (χ1n) is 5.94. The van der Waals surface area contributed by atoms with E-state index in [1.807, 2.05) is 33.8 Å². The van der Waals surface area contributed by atoms with E-state index >= 15 is 0 Å². The quantitative estimate of drug-likeness (QED) is 0.505. The minimum absolute atomic E-state index is 0.306. The highest BCUT2D eigenvalue weighted by molar-refractivity contribution is 5.71. The SMILES string of the molecule is CC(=O)Oc1c(C)cc(CC(C)=CO)c(C)c1C. The third-order valence-electron chi connectivity index (χ3n) is 3.07. The van der Waals surface area contributed by atoms with E-state index in [0.717, 1.165) is 34.1 Å². The first-order valence-corrected chi connectivity index (χ1v) is 5.94. The molecule has 0 aromatic heterocycles. The molecule has 0 saturated carbocycles. The van der Waals surface area contributed by atoms with E-state index in [9.17, 15) is 4.79 Å². The van der Waals surface area contributed by atoms with Crippen molar-refractivity contribution in [3.63, 3.8) is 0 Å². The Morgan fingerprint density at radius 3 is 2.39 bits per heavy atom. The normalized spacial score (nSPS) is 11.5. The number of aliphatic hydroxyl groups excluding tert-OH is 1. The first kappa shape index (κ1) is 14.3. The summed E-state index contributed by atoms with van der Waals surface area (Å²) in [6.45, 7) is 9.15. The Morgan fingerprint density at radius 1 is 1.28 bits per heavy atom. The lowest BCUT2D eigenvalue weighted by atomic mass is 9.94. The van der Waals surface area contributed by atoms with Gasteiger partial charge in [-0.2, -0.15) is 0 Å². The van der Waals surface area contributed by atoms with Crippen molar-refractivity contribution in [3.8, 4) is 5.75 Å². The van der Waals surface area contributed by atoms with Crippen LogP contribution in [0.15, 0.2) is 17.9 Å². The zero-order valence-corrected chi connectivity index (χ0v) is 11.6. The Morgan fingerprint density at radius 2 is 1.89 bits per heavy atom. The van der Waals surface area contributed by atoms with Gasteiger partial charge in [-0.15, -0.1) is 0 Å². The van der Waals surface area contributed by atoms with Gasteiger partial charge in [0.25, 0.3) is 0 Å². The molecule has 1 aromatic rings. The summed E-state index contributed by atoms with van der Waals surface area (Å²) in [6, 6.07) is 2.01. The fourth-order valence-corrected chi connectivity index (χ4v) is 1.97. The predicted octanol–water partition coefficient (Wildman–Crippen LogP) is 3.54. The molecule has 0 aliphatic heterocycles. The van der Waals surface area contributed by atoms with Crippen LogP contribution in [0.5, 0.6) is 5.75 Å². The molecule has 0 radical (unpaired) electrons. The van der Waals surface area contributed by atoms with Crippen LogP contribution in [-0.4, -0.2) is 11.1 Å². The fraction of sp³-hybridized carbons (Fsp3) is 0.400. The Balaban J connectivity index is 3.23. The first-order chi connectivity index (χ1) is 8.36. The van der Waals surface area contributed by atoms with Gasteiger partial charge in [0.2, 0.25) is 0 Å². The van der Waals surface area contributed by atoms with Gasteiger partial charge in [0.15, 0.2) is 0 Å². The van der Waals surface area contributed by atoms with E-state index in [2.05, 4.69) is 0 Å². The Labute approximate surface area is 108 Å². The van der Waals surface area contributed by atoms with Crippen molar-refractivity contribution in [1.82, 2.24) is 0 Å². The summed E-state index contributed by atoms with van der Waals surface area (Å²) in [7, 11) is 0. The molecule has 0 atom stereocenters. The lowest BCUT2D eigenvalue weighted by Gasteiger charge is -2.16. The van der Waals surface area contributed by atoms with Gasteiger partial charge in [-0.1, -0.05) is 6.07 Å². The summed E-state index contributed by atoms with van der Waals surface area (Å²) < 4.78 is 5.24. The van der Waals surface area contributed by atoms with Crippen molar-refractivity contribution >= 4 is 5.97 Å². The summed E-state index contributed by atoms with van der Waals surface area (Å²) >= 11 is 0. The minimum Gasteiger partial charge on any atom is -0.516 e. The minimum atomic E-state index is -0.306. The van der Waals surface area contributed by atoms with Crippen LogP contribution in [0.2, 0.25) is 0 Å². The third-order valence-corrected chi connectivity index (χ3v) is 3.07. The van der Waals surface area contributed by atoms with Crippen LogP contribution in [0.1, 0.15) is 36.1 Å². The van der Waals surface area contributed by atoms with Crippen LogP contribution >= 0.6 is 0 Å². The molecular formula is C15H20O3. The Hall–Kier alpha value is -1.77. The highest BCUT2D eigenvalue weighted by Gasteiger charge is 2.13. The van der Waals surface area contributed by atoms with Crippen LogP contribution in [0, 0.1) is 20.8 Å². The lowest BCUT2D eigenvalue weighted by Crippen LogP contribution is -2.07. The molecule has 0 saturated heterocycles. The van der Waals surface area contributed by atoms with Crippen molar-refractivity contribution in [2.45, 2.75) is 41.0 Å². The van der Waals surface area contributed by atoms with E-state index in [0.29, 0.717) is 12.2 Å². The average molecular weight is 248 g/mol. The molecule has 0 unspecified atom stereocenters. The van der Waals surface area contributed by atoms with Gasteiger partial charge in [0.1, 0.15) is 5.75 Å². The van der Waals surface area contributed by atoms with Gasteiger partial charge < -0.3 is 9.84 Å². The molecule has 98 valence electrons. The molecule has 0 amide bonds. The van der Waals surface area contributed by atoms with Crippen molar-refractivity contribution in [3.05, 3.63) is 40.2 Å². The Kier molecular flexibility index (Phi) is 4.54. The molecule has 0 aliphatic rings. The summed E-state index contributed by atoms with van der Waals surface area (Å²) in [5.41, 5.74) is 5.05. The monoisotopic (exact) mass is 248 g/mol. The topological polar surface area (TPSA) is 46.5 Å². The highest BCUT2D eigenvalue weighted by Crippen LogP contribution is 2.30. The molecule has 0 fully saturated rings. The van der Waals surface area contributed by atoms with Gasteiger partial charge in [0.05, 0.1) is 6.26 Å². The van der Waals surface area contributed by atoms with Crippen LogP contribution in [0.25, 0.3) is 0 Å². The predicted molar refractivity (Wildman–Crippen MR) is 72.1 cm³/mol. The van der Waals surface area contributed by atoms with Crippen LogP contribution < -0.4 is 4.74 Å². The van der Waals surface area contributed by atoms with E-state index in [1.165, 1.54) is 6.92 Å². The summed E-state index contributed by atoms with van der Waals surface area (Å²) in [4.78, 5) is 11.1. The maximum absolute atomic E-state index is 11.1.